The minimum Gasteiger partial charge on any atom is -0.488 e. The number of benzene rings is 1. The van der Waals surface area contributed by atoms with Crippen LogP contribution in [-0.4, -0.2) is 32.7 Å². The summed E-state index contributed by atoms with van der Waals surface area (Å²) < 4.78 is 34.5. The van der Waals surface area contributed by atoms with Crippen LogP contribution in [0, 0.1) is 0 Å². The van der Waals surface area contributed by atoms with Crippen molar-refractivity contribution in [1.82, 2.24) is 4.98 Å². The molecule has 2 N–H and O–H groups in total. The molecule has 0 atom stereocenters. The molecule has 21 heavy (non-hydrogen) atoms. The Kier molecular flexibility index (Phi) is 3.79. The number of fused-ring (bicyclic) bond motifs is 1. The summed E-state index contributed by atoms with van der Waals surface area (Å²) >= 11 is 0. The third kappa shape index (κ3) is 2.99. The molecule has 1 fully saturated rings. The van der Waals surface area contributed by atoms with E-state index in [1.807, 2.05) is 0 Å². The molecule has 0 bridgehead atoms. The van der Waals surface area contributed by atoms with Crippen molar-refractivity contribution in [3.05, 3.63) is 30.5 Å². The van der Waals surface area contributed by atoms with Gasteiger partial charge < -0.3 is 9.47 Å². The SMILES string of the molecule is NS(=O)(=O)c1ccc(OC2CCOCC2)c2ncccc12. The van der Waals surface area contributed by atoms with Crippen molar-refractivity contribution >= 4 is 20.9 Å². The van der Waals surface area contributed by atoms with Gasteiger partial charge in [-0.2, -0.15) is 0 Å². The molecule has 7 heteroatoms. The normalized spacial score (nSPS) is 17.0. The maximum absolute atomic E-state index is 11.6. The fourth-order valence-corrected chi connectivity index (χ4v) is 3.17. The van der Waals surface area contributed by atoms with Crippen LogP contribution in [0.4, 0.5) is 0 Å². The van der Waals surface area contributed by atoms with E-state index >= 15 is 0 Å². The van der Waals surface area contributed by atoms with Gasteiger partial charge in [0.1, 0.15) is 17.4 Å². The van der Waals surface area contributed by atoms with E-state index in [4.69, 9.17) is 14.6 Å². The van der Waals surface area contributed by atoms with Crippen molar-refractivity contribution in [3.63, 3.8) is 0 Å². The molecule has 112 valence electrons. The lowest BCUT2D eigenvalue weighted by Crippen LogP contribution is -2.26. The highest BCUT2D eigenvalue weighted by Gasteiger charge is 2.19. The Morgan fingerprint density at radius 1 is 1.24 bits per heavy atom. The van der Waals surface area contributed by atoms with Gasteiger partial charge in [-0.05, 0) is 24.3 Å². The van der Waals surface area contributed by atoms with Crippen molar-refractivity contribution in [2.24, 2.45) is 5.14 Å². The summed E-state index contributed by atoms with van der Waals surface area (Å²) in [5.74, 6) is 0.574. The highest BCUT2D eigenvalue weighted by Crippen LogP contribution is 2.30. The van der Waals surface area contributed by atoms with E-state index < -0.39 is 10.0 Å². The number of nitrogens with two attached hydrogens (primary N) is 1. The first kappa shape index (κ1) is 14.2. The Balaban J connectivity index is 2.04. The standard InChI is InChI=1S/C14H16N2O4S/c15-21(17,18)13-4-3-12(14-11(13)2-1-7-16-14)20-10-5-8-19-9-6-10/h1-4,7,10H,5-6,8-9H2,(H2,15,17,18). The summed E-state index contributed by atoms with van der Waals surface area (Å²) in [5, 5.41) is 5.72. The van der Waals surface area contributed by atoms with Gasteiger partial charge in [0.2, 0.25) is 10.0 Å². The fraction of sp³-hybridized carbons (Fsp3) is 0.357. The zero-order valence-corrected chi connectivity index (χ0v) is 12.2. The zero-order valence-electron chi connectivity index (χ0n) is 11.4. The van der Waals surface area contributed by atoms with E-state index in [1.54, 1.807) is 24.4 Å². The fourth-order valence-electron chi connectivity index (χ4n) is 2.44. The van der Waals surface area contributed by atoms with Gasteiger partial charge in [-0.25, -0.2) is 13.6 Å². The van der Waals surface area contributed by atoms with E-state index in [0.717, 1.165) is 12.8 Å². The number of aromatic nitrogens is 1. The van der Waals surface area contributed by atoms with Crippen LogP contribution in [0.3, 0.4) is 0 Å². The third-order valence-electron chi connectivity index (χ3n) is 3.46. The molecule has 0 spiro atoms. The summed E-state index contributed by atoms with van der Waals surface area (Å²) in [4.78, 5) is 4.30. The summed E-state index contributed by atoms with van der Waals surface area (Å²) in [6, 6.07) is 6.44. The molecule has 1 aliphatic rings. The Morgan fingerprint density at radius 2 is 2.00 bits per heavy atom. The molecule has 2 heterocycles. The second kappa shape index (κ2) is 5.59. The van der Waals surface area contributed by atoms with Crippen LogP contribution < -0.4 is 9.88 Å². The number of pyridine rings is 1. The Bertz CT molecular complexity index is 755. The second-order valence-corrected chi connectivity index (χ2v) is 6.47. The maximum Gasteiger partial charge on any atom is 0.238 e. The van der Waals surface area contributed by atoms with Gasteiger partial charge in [0, 0.05) is 24.4 Å². The first-order chi connectivity index (χ1) is 10.1. The van der Waals surface area contributed by atoms with Crippen molar-refractivity contribution in [2.45, 2.75) is 23.8 Å². The Morgan fingerprint density at radius 3 is 2.71 bits per heavy atom. The monoisotopic (exact) mass is 308 g/mol. The number of hydrogen-bond donors (Lipinski definition) is 1. The third-order valence-corrected chi connectivity index (χ3v) is 4.43. The highest BCUT2D eigenvalue weighted by atomic mass is 32.2. The molecular formula is C14H16N2O4S. The first-order valence-electron chi connectivity index (χ1n) is 6.70. The van der Waals surface area contributed by atoms with Crippen LogP contribution in [-0.2, 0) is 14.8 Å². The predicted molar refractivity (Wildman–Crippen MR) is 77.6 cm³/mol. The van der Waals surface area contributed by atoms with Crippen molar-refractivity contribution < 1.29 is 17.9 Å². The van der Waals surface area contributed by atoms with Gasteiger partial charge >= 0.3 is 0 Å². The number of rotatable bonds is 3. The van der Waals surface area contributed by atoms with Gasteiger partial charge in [-0.1, -0.05) is 0 Å². The van der Waals surface area contributed by atoms with E-state index in [1.165, 1.54) is 6.07 Å². The number of sulfonamides is 1. The van der Waals surface area contributed by atoms with Gasteiger partial charge in [0.25, 0.3) is 0 Å². The highest BCUT2D eigenvalue weighted by molar-refractivity contribution is 7.89. The summed E-state index contributed by atoms with van der Waals surface area (Å²) in [7, 11) is -3.79. The summed E-state index contributed by atoms with van der Waals surface area (Å²) in [6.45, 7) is 1.34. The molecule has 1 aromatic heterocycles. The Hall–Kier alpha value is -1.70. The molecule has 3 rings (SSSR count). The van der Waals surface area contributed by atoms with Gasteiger partial charge in [-0.15, -0.1) is 0 Å². The topological polar surface area (TPSA) is 91.5 Å². The van der Waals surface area contributed by atoms with Crippen LogP contribution in [0.25, 0.3) is 10.9 Å². The predicted octanol–water partition coefficient (Wildman–Crippen LogP) is 1.44. The van der Waals surface area contributed by atoms with E-state index in [2.05, 4.69) is 4.98 Å². The van der Waals surface area contributed by atoms with Crippen molar-refractivity contribution in [1.29, 1.82) is 0 Å². The zero-order chi connectivity index (χ0) is 14.9. The molecule has 2 aromatic rings. The molecule has 1 saturated heterocycles. The lowest BCUT2D eigenvalue weighted by atomic mass is 10.1. The van der Waals surface area contributed by atoms with Crippen molar-refractivity contribution in [3.8, 4) is 5.75 Å². The molecule has 6 nitrogen and oxygen atoms in total. The number of nitrogens with zero attached hydrogens (tertiary/aromatic N) is 1. The maximum atomic E-state index is 11.6. The molecule has 0 unspecified atom stereocenters. The van der Waals surface area contributed by atoms with E-state index in [9.17, 15) is 8.42 Å². The number of ether oxygens (including phenoxy) is 2. The van der Waals surface area contributed by atoms with Gasteiger partial charge in [-0.3, -0.25) is 4.98 Å². The van der Waals surface area contributed by atoms with Crippen molar-refractivity contribution in [2.75, 3.05) is 13.2 Å². The average Bonchev–Trinajstić information content (AvgIpc) is 2.47. The minimum absolute atomic E-state index is 0.0595. The summed E-state index contributed by atoms with van der Waals surface area (Å²) in [6.07, 6.45) is 3.28. The average molecular weight is 308 g/mol. The van der Waals surface area contributed by atoms with Gasteiger partial charge in [0.05, 0.1) is 18.1 Å². The lowest BCUT2D eigenvalue weighted by molar-refractivity contribution is 0.0261. The minimum atomic E-state index is -3.79. The lowest BCUT2D eigenvalue weighted by Gasteiger charge is -2.24. The summed E-state index contributed by atoms with van der Waals surface area (Å²) in [5.41, 5.74) is 0.510. The van der Waals surface area contributed by atoms with Crippen LogP contribution in [0.5, 0.6) is 5.75 Å². The molecule has 0 amide bonds. The second-order valence-electron chi connectivity index (χ2n) is 4.94. The van der Waals surface area contributed by atoms with Gasteiger partial charge in [0.15, 0.2) is 0 Å². The molecule has 0 radical (unpaired) electrons. The van der Waals surface area contributed by atoms with Crippen LogP contribution in [0.2, 0.25) is 0 Å². The molecular weight excluding hydrogens is 292 g/mol. The smallest absolute Gasteiger partial charge is 0.238 e. The Labute approximate surface area is 122 Å². The molecule has 0 saturated carbocycles. The van der Waals surface area contributed by atoms with Crippen LogP contribution in [0.15, 0.2) is 35.4 Å². The van der Waals surface area contributed by atoms with Crippen LogP contribution in [0.1, 0.15) is 12.8 Å². The number of primary sulfonamides is 1. The molecule has 1 aromatic carbocycles. The quantitative estimate of drug-likeness (QED) is 0.926. The van der Waals surface area contributed by atoms with E-state index in [0.29, 0.717) is 29.9 Å². The largest absolute Gasteiger partial charge is 0.488 e. The molecule has 0 aliphatic carbocycles. The van der Waals surface area contributed by atoms with E-state index in [-0.39, 0.29) is 11.0 Å². The first-order valence-corrected chi connectivity index (χ1v) is 8.25. The number of hydrogen-bond acceptors (Lipinski definition) is 5. The van der Waals surface area contributed by atoms with Crippen LogP contribution >= 0.6 is 0 Å². The molecule has 1 aliphatic heterocycles.